The largest absolute Gasteiger partial charge is 0.363 e. The zero-order chi connectivity index (χ0) is 5.21. The molecule has 0 aromatic rings. The van der Waals surface area contributed by atoms with Gasteiger partial charge in [0.25, 0.3) is 0 Å². The van der Waals surface area contributed by atoms with Crippen molar-refractivity contribution in [1.82, 2.24) is 5.32 Å². The molecule has 38 valence electrons. The van der Waals surface area contributed by atoms with Crippen LogP contribution in [0.15, 0.2) is 0 Å². The highest BCUT2D eigenvalue weighted by molar-refractivity contribution is 4.51. The van der Waals surface area contributed by atoms with E-state index in [1.165, 1.54) is 6.92 Å². The van der Waals surface area contributed by atoms with Gasteiger partial charge in [-0.25, -0.2) is 0 Å². The molecule has 0 heterocycles. The van der Waals surface area contributed by atoms with E-state index in [4.69, 9.17) is 10.8 Å². The van der Waals surface area contributed by atoms with Gasteiger partial charge in [-0.15, -0.1) is 0 Å². The number of nitrogens with two attached hydrogens (primary N) is 1. The zero-order valence-electron chi connectivity index (χ0n) is 4.02. The van der Waals surface area contributed by atoms with Gasteiger partial charge in [0.1, 0.15) is 0 Å². The van der Waals surface area contributed by atoms with Crippen LogP contribution in [0.2, 0.25) is 0 Å². The molecule has 0 rings (SSSR count). The zero-order valence-corrected chi connectivity index (χ0v) is 4.02. The summed E-state index contributed by atoms with van der Waals surface area (Å²) in [6.07, 6.45) is 0. The van der Waals surface area contributed by atoms with Crippen molar-refractivity contribution in [3.8, 4) is 0 Å². The van der Waals surface area contributed by atoms with Gasteiger partial charge in [0.2, 0.25) is 0 Å². The summed E-state index contributed by atoms with van der Waals surface area (Å²) >= 11 is 0. The van der Waals surface area contributed by atoms with E-state index >= 15 is 0 Å². The number of rotatable bonds is 1. The fourth-order valence-corrected chi connectivity index (χ4v) is 0. The SMILES string of the molecule is CNC(C)(N)O. The van der Waals surface area contributed by atoms with Gasteiger partial charge in [0.15, 0.2) is 5.85 Å². The van der Waals surface area contributed by atoms with E-state index in [1.807, 2.05) is 0 Å². The van der Waals surface area contributed by atoms with Crippen molar-refractivity contribution in [2.45, 2.75) is 12.8 Å². The molecule has 0 aliphatic heterocycles. The number of hydrogen-bond donors (Lipinski definition) is 3. The fourth-order valence-electron chi connectivity index (χ4n) is 0. The molecule has 0 fully saturated rings. The molecule has 0 aromatic heterocycles. The van der Waals surface area contributed by atoms with Crippen molar-refractivity contribution in [3.63, 3.8) is 0 Å². The van der Waals surface area contributed by atoms with Gasteiger partial charge in [-0.05, 0) is 14.0 Å². The van der Waals surface area contributed by atoms with Gasteiger partial charge in [-0.2, -0.15) is 0 Å². The molecule has 0 saturated carbocycles. The maximum atomic E-state index is 8.49. The second kappa shape index (κ2) is 1.55. The van der Waals surface area contributed by atoms with Gasteiger partial charge in [-0.1, -0.05) is 0 Å². The van der Waals surface area contributed by atoms with E-state index in [2.05, 4.69) is 5.32 Å². The van der Waals surface area contributed by atoms with Crippen molar-refractivity contribution in [1.29, 1.82) is 0 Å². The van der Waals surface area contributed by atoms with Crippen LogP contribution in [-0.4, -0.2) is 18.0 Å². The molecule has 0 amide bonds. The third-order valence-electron chi connectivity index (χ3n) is 0.506. The predicted octanol–water partition coefficient (Wildman–Crippen LogP) is -1.17. The van der Waals surface area contributed by atoms with E-state index < -0.39 is 5.85 Å². The van der Waals surface area contributed by atoms with Crippen molar-refractivity contribution in [2.24, 2.45) is 5.73 Å². The number of hydrogen-bond acceptors (Lipinski definition) is 3. The van der Waals surface area contributed by atoms with Crippen molar-refractivity contribution in [3.05, 3.63) is 0 Å². The summed E-state index contributed by atoms with van der Waals surface area (Å²) in [6.45, 7) is 1.47. The molecule has 0 aliphatic rings. The highest BCUT2D eigenvalue weighted by atomic mass is 16.3. The van der Waals surface area contributed by atoms with E-state index in [-0.39, 0.29) is 0 Å². The average molecular weight is 90.1 g/mol. The van der Waals surface area contributed by atoms with Crippen LogP contribution in [0.3, 0.4) is 0 Å². The Morgan fingerprint density at radius 2 is 2.00 bits per heavy atom. The van der Waals surface area contributed by atoms with Crippen LogP contribution in [0.4, 0.5) is 0 Å². The minimum absolute atomic E-state index is 1.21. The second-order valence-electron chi connectivity index (χ2n) is 1.40. The first-order valence-corrected chi connectivity index (χ1v) is 1.76. The maximum Gasteiger partial charge on any atom is 0.166 e. The Balaban J connectivity index is 3.17. The Bertz CT molecular complexity index is 38.5. The van der Waals surface area contributed by atoms with Gasteiger partial charge in [0, 0.05) is 0 Å². The highest BCUT2D eigenvalue weighted by Gasteiger charge is 2.04. The fraction of sp³-hybridized carbons (Fsp3) is 1.00. The van der Waals surface area contributed by atoms with Crippen LogP contribution < -0.4 is 11.1 Å². The molecular weight excluding hydrogens is 80.0 g/mol. The molecule has 0 aliphatic carbocycles. The lowest BCUT2D eigenvalue weighted by Gasteiger charge is -2.13. The molecule has 4 N–H and O–H groups in total. The van der Waals surface area contributed by atoms with Gasteiger partial charge in [-0.3, -0.25) is 11.1 Å². The van der Waals surface area contributed by atoms with Crippen molar-refractivity contribution >= 4 is 0 Å². The van der Waals surface area contributed by atoms with Crippen LogP contribution in [0, 0.1) is 0 Å². The predicted molar refractivity (Wildman–Crippen MR) is 23.9 cm³/mol. The van der Waals surface area contributed by atoms with E-state index in [1.54, 1.807) is 7.05 Å². The van der Waals surface area contributed by atoms with Gasteiger partial charge in [0.05, 0.1) is 0 Å². The third kappa shape index (κ3) is 3.88. The molecule has 0 radical (unpaired) electrons. The van der Waals surface area contributed by atoms with Crippen LogP contribution in [0.1, 0.15) is 6.92 Å². The molecule has 3 heteroatoms. The first kappa shape index (κ1) is 5.88. The van der Waals surface area contributed by atoms with Gasteiger partial charge >= 0.3 is 0 Å². The normalized spacial score (nSPS) is 20.0. The highest BCUT2D eigenvalue weighted by Crippen LogP contribution is 1.77. The summed E-state index contributed by atoms with van der Waals surface area (Å²) in [5.41, 5.74) is 4.98. The van der Waals surface area contributed by atoms with Gasteiger partial charge < -0.3 is 5.11 Å². The lowest BCUT2D eigenvalue weighted by Crippen LogP contribution is -2.48. The summed E-state index contributed by atoms with van der Waals surface area (Å²) in [6, 6.07) is 0. The van der Waals surface area contributed by atoms with Crippen LogP contribution in [-0.2, 0) is 0 Å². The minimum Gasteiger partial charge on any atom is -0.363 e. The molecule has 1 unspecified atom stereocenters. The van der Waals surface area contributed by atoms with E-state index in [0.717, 1.165) is 0 Å². The summed E-state index contributed by atoms with van der Waals surface area (Å²) in [5.74, 6) is -1.21. The summed E-state index contributed by atoms with van der Waals surface area (Å²) in [7, 11) is 1.58. The van der Waals surface area contributed by atoms with Crippen LogP contribution >= 0.6 is 0 Å². The monoisotopic (exact) mass is 90.1 g/mol. The summed E-state index contributed by atoms with van der Waals surface area (Å²) in [5, 5.41) is 10.9. The standard InChI is InChI=1S/C3H10N2O/c1-3(4,6)5-2/h5-6H,4H2,1-2H3. The molecule has 1 atom stereocenters. The Kier molecular flexibility index (Phi) is 1.52. The quantitative estimate of drug-likeness (QED) is 0.356. The van der Waals surface area contributed by atoms with Crippen molar-refractivity contribution in [2.75, 3.05) is 7.05 Å². The summed E-state index contributed by atoms with van der Waals surface area (Å²) < 4.78 is 0. The average Bonchev–Trinajstić information content (AvgIpc) is 1.35. The van der Waals surface area contributed by atoms with E-state index in [0.29, 0.717) is 0 Å². The molecule has 0 spiro atoms. The molecule has 0 aromatic carbocycles. The topological polar surface area (TPSA) is 58.3 Å². The Morgan fingerprint density at radius 3 is 2.00 bits per heavy atom. The van der Waals surface area contributed by atoms with Crippen molar-refractivity contribution < 1.29 is 5.11 Å². The first-order chi connectivity index (χ1) is 2.56. The second-order valence-corrected chi connectivity index (χ2v) is 1.40. The molecule has 0 saturated heterocycles. The molecular formula is C3H10N2O. The Morgan fingerprint density at radius 1 is 1.83 bits per heavy atom. The maximum absolute atomic E-state index is 8.49. The molecule has 0 bridgehead atoms. The van der Waals surface area contributed by atoms with Crippen LogP contribution in [0.5, 0.6) is 0 Å². The molecule has 6 heavy (non-hydrogen) atoms. The smallest absolute Gasteiger partial charge is 0.166 e. The molecule has 3 nitrogen and oxygen atoms in total. The third-order valence-corrected chi connectivity index (χ3v) is 0.506. The van der Waals surface area contributed by atoms with E-state index in [9.17, 15) is 0 Å². The number of aliphatic hydroxyl groups is 1. The van der Waals surface area contributed by atoms with Crippen LogP contribution in [0.25, 0.3) is 0 Å². The Hall–Kier alpha value is -0.120. The lowest BCUT2D eigenvalue weighted by molar-refractivity contribution is 0.0391. The first-order valence-electron chi connectivity index (χ1n) is 1.76. The summed E-state index contributed by atoms with van der Waals surface area (Å²) in [4.78, 5) is 0. The minimum atomic E-state index is -1.21. The number of nitrogens with one attached hydrogen (secondary N) is 1. The lowest BCUT2D eigenvalue weighted by atomic mass is 10.5. The Labute approximate surface area is 37.2 Å².